The number of sulfonamides is 2. The van der Waals surface area contributed by atoms with Crippen LogP contribution in [-0.2, 0) is 25.8 Å². The van der Waals surface area contributed by atoms with Crippen LogP contribution < -0.4 is 9.86 Å². The van der Waals surface area contributed by atoms with Crippen LogP contribution >= 0.6 is 0 Å². The molecule has 0 aliphatic heterocycles. The lowest BCUT2D eigenvalue weighted by Gasteiger charge is -2.10. The normalized spacial score (nSPS) is 12.1. The molecule has 0 spiro atoms. The molecule has 0 heterocycles. The minimum atomic E-state index is -4.47. The molecule has 6 nitrogen and oxygen atoms in total. The minimum absolute atomic E-state index is 0.0193. The molecule has 0 saturated carbocycles. The number of nitrogens with one attached hydrogen (secondary N) is 1. The highest BCUT2D eigenvalue weighted by atomic mass is 32.2. The van der Waals surface area contributed by atoms with Crippen LogP contribution in [0.4, 0.5) is 14.5 Å². The Bertz CT molecular complexity index is 907. The number of benzene rings is 2. The minimum Gasteiger partial charge on any atom is -0.279 e. The van der Waals surface area contributed by atoms with Crippen molar-refractivity contribution in [1.29, 1.82) is 0 Å². The molecule has 0 saturated heterocycles. The quantitative estimate of drug-likeness (QED) is 0.842. The Morgan fingerprint density at radius 1 is 0.913 bits per heavy atom. The second-order valence-electron chi connectivity index (χ2n) is 4.66. The highest BCUT2D eigenvalue weighted by Crippen LogP contribution is 2.22. The average molecular weight is 362 g/mol. The molecule has 2 rings (SSSR count). The van der Waals surface area contributed by atoms with Crippen LogP contribution in [0.5, 0.6) is 0 Å². The van der Waals surface area contributed by atoms with Crippen molar-refractivity contribution in [1.82, 2.24) is 0 Å². The SMILES string of the molecule is NS(=O)(=O)Cc1ccc(NS(=O)(=O)c2c(F)cccc2F)cc1. The van der Waals surface area contributed by atoms with E-state index in [9.17, 15) is 25.6 Å². The Balaban J connectivity index is 2.28. The standard InChI is InChI=1S/C13H12F2N2O4S2/c14-11-2-1-3-12(15)13(11)23(20,21)17-10-6-4-9(5-7-10)8-22(16,18)19/h1-7,17H,8H2,(H2,16,18,19). The van der Waals surface area contributed by atoms with Crippen LogP contribution in [0.1, 0.15) is 5.56 Å². The van der Waals surface area contributed by atoms with Gasteiger partial charge < -0.3 is 0 Å². The van der Waals surface area contributed by atoms with Gasteiger partial charge in [0.2, 0.25) is 10.0 Å². The molecule has 0 amide bonds. The Hall–Kier alpha value is -2.04. The molecule has 0 unspecified atom stereocenters. The van der Waals surface area contributed by atoms with E-state index in [-0.39, 0.29) is 5.69 Å². The summed E-state index contributed by atoms with van der Waals surface area (Å²) in [5.41, 5.74) is 0.360. The maximum atomic E-state index is 13.6. The zero-order chi connectivity index (χ0) is 17.3. The second kappa shape index (κ2) is 6.22. The molecule has 0 bridgehead atoms. The first kappa shape index (κ1) is 17.3. The Morgan fingerprint density at radius 3 is 1.91 bits per heavy atom. The number of hydrogen-bond donors (Lipinski definition) is 2. The van der Waals surface area contributed by atoms with E-state index in [1.54, 1.807) is 0 Å². The fourth-order valence-corrected chi connectivity index (χ4v) is 3.70. The van der Waals surface area contributed by atoms with Crippen molar-refractivity contribution in [3.05, 3.63) is 59.7 Å². The van der Waals surface area contributed by atoms with Crippen molar-refractivity contribution in [2.24, 2.45) is 5.14 Å². The number of hydrogen-bond acceptors (Lipinski definition) is 4. The fraction of sp³-hybridized carbons (Fsp3) is 0.0769. The van der Waals surface area contributed by atoms with Gasteiger partial charge in [-0.2, -0.15) is 0 Å². The molecule has 3 N–H and O–H groups in total. The Labute approximate surface area is 132 Å². The molecule has 0 aliphatic carbocycles. The van der Waals surface area contributed by atoms with Crippen molar-refractivity contribution in [3.63, 3.8) is 0 Å². The van der Waals surface area contributed by atoms with E-state index in [1.807, 2.05) is 4.72 Å². The molecule has 2 aromatic carbocycles. The van der Waals surface area contributed by atoms with E-state index in [0.29, 0.717) is 5.56 Å². The average Bonchev–Trinajstić information content (AvgIpc) is 2.38. The van der Waals surface area contributed by atoms with Gasteiger partial charge in [0.15, 0.2) is 4.90 Å². The first-order chi connectivity index (χ1) is 10.6. The van der Waals surface area contributed by atoms with Gasteiger partial charge in [-0.1, -0.05) is 18.2 Å². The lowest BCUT2D eigenvalue weighted by atomic mass is 10.2. The smallest absolute Gasteiger partial charge is 0.267 e. The van der Waals surface area contributed by atoms with Crippen LogP contribution in [0.2, 0.25) is 0 Å². The van der Waals surface area contributed by atoms with E-state index < -0.39 is 42.3 Å². The third-order valence-electron chi connectivity index (χ3n) is 2.76. The molecule has 0 aromatic heterocycles. The number of nitrogens with two attached hydrogens (primary N) is 1. The summed E-state index contributed by atoms with van der Waals surface area (Å²) in [5, 5.41) is 4.89. The molecule has 2 aromatic rings. The topological polar surface area (TPSA) is 106 Å². The predicted molar refractivity (Wildman–Crippen MR) is 80.4 cm³/mol. The molecule has 10 heteroatoms. The molecule has 124 valence electrons. The van der Waals surface area contributed by atoms with Crippen molar-refractivity contribution in [3.8, 4) is 0 Å². The van der Waals surface area contributed by atoms with Gasteiger partial charge in [-0.3, -0.25) is 4.72 Å². The monoisotopic (exact) mass is 362 g/mol. The van der Waals surface area contributed by atoms with Gasteiger partial charge in [0.25, 0.3) is 10.0 Å². The third-order valence-corrected chi connectivity index (χ3v) is 4.93. The summed E-state index contributed by atoms with van der Waals surface area (Å²) >= 11 is 0. The lowest BCUT2D eigenvalue weighted by molar-refractivity contribution is 0.521. The van der Waals surface area contributed by atoms with Crippen LogP contribution in [-0.4, -0.2) is 16.8 Å². The highest BCUT2D eigenvalue weighted by molar-refractivity contribution is 7.92. The van der Waals surface area contributed by atoms with Gasteiger partial charge in [0.05, 0.1) is 5.75 Å². The van der Waals surface area contributed by atoms with E-state index in [2.05, 4.69) is 0 Å². The Kier molecular flexibility index (Phi) is 4.68. The summed E-state index contributed by atoms with van der Waals surface area (Å²) in [4.78, 5) is -1.09. The van der Waals surface area contributed by atoms with Crippen LogP contribution in [0, 0.1) is 11.6 Å². The highest BCUT2D eigenvalue weighted by Gasteiger charge is 2.23. The van der Waals surface area contributed by atoms with E-state index in [1.165, 1.54) is 24.3 Å². The summed E-state index contributed by atoms with van der Waals surface area (Å²) in [5.74, 6) is -2.85. The molecule has 0 radical (unpaired) electrons. The number of anilines is 1. The van der Waals surface area contributed by atoms with Crippen molar-refractivity contribution in [2.45, 2.75) is 10.6 Å². The molecular formula is C13H12F2N2O4S2. The summed E-state index contributed by atoms with van der Waals surface area (Å²) in [6.07, 6.45) is 0. The predicted octanol–water partition coefficient (Wildman–Crippen LogP) is 1.55. The van der Waals surface area contributed by atoms with E-state index in [0.717, 1.165) is 18.2 Å². The summed E-state index contributed by atoms with van der Waals surface area (Å²) in [6, 6.07) is 7.89. The molecular weight excluding hydrogens is 350 g/mol. The molecule has 0 atom stereocenters. The number of primary sulfonamides is 1. The maximum absolute atomic E-state index is 13.6. The fourth-order valence-electron chi connectivity index (χ4n) is 1.85. The van der Waals surface area contributed by atoms with Crippen LogP contribution in [0.15, 0.2) is 47.4 Å². The molecule has 0 aliphatic rings. The van der Waals surface area contributed by atoms with Gasteiger partial charge in [-0.15, -0.1) is 0 Å². The third kappa shape index (κ3) is 4.47. The Morgan fingerprint density at radius 2 is 1.43 bits per heavy atom. The largest absolute Gasteiger partial charge is 0.279 e. The molecule has 0 fully saturated rings. The number of halogens is 2. The van der Waals surface area contributed by atoms with Crippen molar-refractivity contribution < 1.29 is 25.6 Å². The summed E-state index contributed by atoms with van der Waals surface area (Å²) in [6.45, 7) is 0. The van der Waals surface area contributed by atoms with E-state index in [4.69, 9.17) is 5.14 Å². The zero-order valence-corrected chi connectivity index (χ0v) is 13.2. The zero-order valence-electron chi connectivity index (χ0n) is 11.5. The van der Waals surface area contributed by atoms with Crippen molar-refractivity contribution >= 4 is 25.7 Å². The first-order valence-corrected chi connectivity index (χ1v) is 9.34. The van der Waals surface area contributed by atoms with E-state index >= 15 is 0 Å². The van der Waals surface area contributed by atoms with Gasteiger partial charge in [0.1, 0.15) is 11.6 Å². The van der Waals surface area contributed by atoms with Crippen LogP contribution in [0.3, 0.4) is 0 Å². The summed E-state index contributed by atoms with van der Waals surface area (Å²) in [7, 11) is -8.18. The van der Waals surface area contributed by atoms with Gasteiger partial charge in [0, 0.05) is 5.69 Å². The first-order valence-electron chi connectivity index (χ1n) is 6.15. The number of rotatable bonds is 5. The van der Waals surface area contributed by atoms with Gasteiger partial charge in [-0.25, -0.2) is 30.8 Å². The van der Waals surface area contributed by atoms with Gasteiger partial charge >= 0.3 is 0 Å². The molecule has 23 heavy (non-hydrogen) atoms. The van der Waals surface area contributed by atoms with Crippen LogP contribution in [0.25, 0.3) is 0 Å². The maximum Gasteiger partial charge on any atom is 0.267 e. The lowest BCUT2D eigenvalue weighted by Crippen LogP contribution is -2.17. The summed E-state index contributed by atoms with van der Waals surface area (Å²) < 4.78 is 75.2. The van der Waals surface area contributed by atoms with Gasteiger partial charge in [-0.05, 0) is 29.8 Å². The van der Waals surface area contributed by atoms with Crippen molar-refractivity contribution in [2.75, 3.05) is 4.72 Å². The second-order valence-corrected chi connectivity index (χ2v) is 7.89.